The Bertz CT molecular complexity index is 448. The van der Waals surface area contributed by atoms with Gasteiger partial charge in [-0.3, -0.25) is 9.35 Å². The van der Waals surface area contributed by atoms with Crippen molar-refractivity contribution in [2.45, 2.75) is 18.2 Å². The van der Waals surface area contributed by atoms with Gasteiger partial charge in [0, 0.05) is 12.0 Å². The molecule has 1 aromatic rings. The SMILES string of the molecule is CCC(=O)c1ccccc1S(=O)(=O)O. The van der Waals surface area contributed by atoms with Crippen LogP contribution in [0.1, 0.15) is 23.7 Å². The lowest BCUT2D eigenvalue weighted by Gasteiger charge is -2.03. The fourth-order valence-corrected chi connectivity index (χ4v) is 1.82. The van der Waals surface area contributed by atoms with E-state index in [1.54, 1.807) is 13.0 Å². The summed E-state index contributed by atoms with van der Waals surface area (Å²) in [5, 5.41) is 0. The van der Waals surface area contributed by atoms with Crippen LogP contribution in [0.4, 0.5) is 0 Å². The molecule has 76 valence electrons. The Balaban J connectivity index is 3.38. The molecule has 0 atom stereocenters. The van der Waals surface area contributed by atoms with Crippen molar-refractivity contribution in [1.29, 1.82) is 0 Å². The van der Waals surface area contributed by atoms with Gasteiger partial charge in [0.2, 0.25) is 0 Å². The van der Waals surface area contributed by atoms with Crippen molar-refractivity contribution in [2.75, 3.05) is 0 Å². The quantitative estimate of drug-likeness (QED) is 0.611. The molecule has 0 amide bonds. The molecule has 0 aliphatic carbocycles. The lowest BCUT2D eigenvalue weighted by atomic mass is 10.1. The Hall–Kier alpha value is -1.20. The monoisotopic (exact) mass is 214 g/mol. The van der Waals surface area contributed by atoms with Gasteiger partial charge in [0.05, 0.1) is 0 Å². The second-order valence-electron chi connectivity index (χ2n) is 2.75. The first-order chi connectivity index (χ1) is 6.46. The van der Waals surface area contributed by atoms with E-state index in [4.69, 9.17) is 4.55 Å². The van der Waals surface area contributed by atoms with Crippen LogP contribution in [0.25, 0.3) is 0 Å². The lowest BCUT2D eigenvalue weighted by Crippen LogP contribution is -2.07. The maximum Gasteiger partial charge on any atom is 0.295 e. The molecule has 0 radical (unpaired) electrons. The minimum atomic E-state index is -4.31. The summed E-state index contributed by atoms with van der Waals surface area (Å²) in [5.74, 6) is -0.307. The van der Waals surface area contributed by atoms with Gasteiger partial charge >= 0.3 is 0 Å². The zero-order chi connectivity index (χ0) is 10.8. The van der Waals surface area contributed by atoms with Crippen molar-refractivity contribution in [3.8, 4) is 0 Å². The summed E-state index contributed by atoms with van der Waals surface area (Å²) in [6.45, 7) is 1.63. The minimum absolute atomic E-state index is 0.0394. The van der Waals surface area contributed by atoms with E-state index in [0.29, 0.717) is 0 Å². The summed E-state index contributed by atoms with van der Waals surface area (Å²) in [6.07, 6.45) is 0.201. The van der Waals surface area contributed by atoms with Gasteiger partial charge in [0.25, 0.3) is 10.1 Å². The van der Waals surface area contributed by atoms with Crippen LogP contribution in [0.3, 0.4) is 0 Å². The largest absolute Gasteiger partial charge is 0.295 e. The summed E-state index contributed by atoms with van der Waals surface area (Å²) >= 11 is 0. The highest BCUT2D eigenvalue weighted by atomic mass is 32.2. The van der Waals surface area contributed by atoms with E-state index < -0.39 is 10.1 Å². The number of hydrogen-bond acceptors (Lipinski definition) is 3. The highest BCUT2D eigenvalue weighted by Gasteiger charge is 2.18. The first-order valence-electron chi connectivity index (χ1n) is 4.06. The highest BCUT2D eigenvalue weighted by Crippen LogP contribution is 2.16. The van der Waals surface area contributed by atoms with Crippen molar-refractivity contribution >= 4 is 15.9 Å². The lowest BCUT2D eigenvalue weighted by molar-refractivity contribution is 0.0984. The Morgan fingerprint density at radius 2 is 1.93 bits per heavy atom. The minimum Gasteiger partial charge on any atom is -0.294 e. The number of Topliss-reactive ketones (excluding diaryl/α,β-unsaturated/α-hetero) is 1. The average Bonchev–Trinajstić information content (AvgIpc) is 2.15. The van der Waals surface area contributed by atoms with E-state index in [-0.39, 0.29) is 22.7 Å². The molecule has 1 rings (SSSR count). The van der Waals surface area contributed by atoms with Crippen molar-refractivity contribution in [3.05, 3.63) is 29.8 Å². The predicted octanol–water partition coefficient (Wildman–Crippen LogP) is 1.53. The fraction of sp³-hybridized carbons (Fsp3) is 0.222. The molecule has 5 heteroatoms. The maximum atomic E-state index is 11.3. The van der Waals surface area contributed by atoms with Crippen LogP contribution in [0, 0.1) is 0 Å². The van der Waals surface area contributed by atoms with Crippen molar-refractivity contribution in [3.63, 3.8) is 0 Å². The van der Waals surface area contributed by atoms with Gasteiger partial charge in [0.1, 0.15) is 4.90 Å². The zero-order valence-corrected chi connectivity index (χ0v) is 8.41. The van der Waals surface area contributed by atoms with E-state index in [2.05, 4.69) is 0 Å². The molecule has 14 heavy (non-hydrogen) atoms. The van der Waals surface area contributed by atoms with Crippen LogP contribution in [0.2, 0.25) is 0 Å². The van der Waals surface area contributed by atoms with Gasteiger partial charge < -0.3 is 0 Å². The summed E-state index contributed by atoms with van der Waals surface area (Å²) in [4.78, 5) is 11.0. The summed E-state index contributed by atoms with van der Waals surface area (Å²) in [5.41, 5.74) is 0.0394. The topological polar surface area (TPSA) is 71.4 Å². The third-order valence-corrected chi connectivity index (χ3v) is 2.70. The average molecular weight is 214 g/mol. The molecule has 1 N–H and O–H groups in total. The number of carbonyl (C=O) groups is 1. The Kier molecular flexibility index (Phi) is 3.03. The smallest absolute Gasteiger partial charge is 0.294 e. The number of hydrogen-bond donors (Lipinski definition) is 1. The second kappa shape index (κ2) is 3.89. The van der Waals surface area contributed by atoms with Gasteiger partial charge in [-0.15, -0.1) is 0 Å². The highest BCUT2D eigenvalue weighted by molar-refractivity contribution is 7.86. The molecule has 0 aliphatic rings. The predicted molar refractivity (Wildman–Crippen MR) is 50.9 cm³/mol. The molecule has 0 saturated carbocycles. The normalized spacial score (nSPS) is 11.3. The van der Waals surface area contributed by atoms with E-state index in [9.17, 15) is 13.2 Å². The second-order valence-corrected chi connectivity index (χ2v) is 4.14. The molecule has 0 unspecified atom stereocenters. The van der Waals surface area contributed by atoms with Crippen molar-refractivity contribution < 1.29 is 17.8 Å². The number of ketones is 1. The third kappa shape index (κ3) is 2.18. The first-order valence-corrected chi connectivity index (χ1v) is 5.50. The molecule has 1 aromatic carbocycles. The fourth-order valence-electron chi connectivity index (χ4n) is 1.11. The van der Waals surface area contributed by atoms with Crippen LogP contribution in [0.5, 0.6) is 0 Å². The number of rotatable bonds is 3. The van der Waals surface area contributed by atoms with E-state index in [1.165, 1.54) is 18.2 Å². The van der Waals surface area contributed by atoms with E-state index in [1.807, 2.05) is 0 Å². The summed E-state index contributed by atoms with van der Waals surface area (Å²) in [7, 11) is -4.31. The first kappa shape index (κ1) is 10.9. The van der Waals surface area contributed by atoms with Gasteiger partial charge in [-0.05, 0) is 6.07 Å². The van der Waals surface area contributed by atoms with Crippen LogP contribution >= 0.6 is 0 Å². The van der Waals surface area contributed by atoms with Crippen molar-refractivity contribution in [1.82, 2.24) is 0 Å². The van der Waals surface area contributed by atoms with E-state index >= 15 is 0 Å². The Labute approximate surface area is 82.3 Å². The molecular formula is C9H10O4S. The number of carbonyl (C=O) groups excluding carboxylic acids is 1. The van der Waals surface area contributed by atoms with Gasteiger partial charge in [-0.1, -0.05) is 25.1 Å². The number of benzene rings is 1. The maximum absolute atomic E-state index is 11.3. The third-order valence-electron chi connectivity index (χ3n) is 1.79. The molecule has 0 bridgehead atoms. The Morgan fingerprint density at radius 1 is 1.36 bits per heavy atom. The standard InChI is InChI=1S/C9H10O4S/c1-2-8(10)7-5-3-4-6-9(7)14(11,12)13/h3-6H,2H2,1H3,(H,11,12,13). The molecule has 0 spiro atoms. The zero-order valence-electron chi connectivity index (χ0n) is 7.60. The molecule has 0 saturated heterocycles. The molecule has 0 aliphatic heterocycles. The summed E-state index contributed by atoms with van der Waals surface area (Å²) < 4.78 is 30.6. The molecule has 0 fully saturated rings. The van der Waals surface area contributed by atoms with Gasteiger partial charge in [-0.2, -0.15) is 8.42 Å². The molecule has 4 nitrogen and oxygen atoms in total. The van der Waals surface area contributed by atoms with Crippen LogP contribution in [-0.4, -0.2) is 18.8 Å². The van der Waals surface area contributed by atoms with Gasteiger partial charge in [-0.25, -0.2) is 0 Å². The molecule has 0 heterocycles. The van der Waals surface area contributed by atoms with Gasteiger partial charge in [0.15, 0.2) is 5.78 Å². The Morgan fingerprint density at radius 3 is 2.43 bits per heavy atom. The van der Waals surface area contributed by atoms with Crippen molar-refractivity contribution in [2.24, 2.45) is 0 Å². The van der Waals surface area contributed by atoms with E-state index in [0.717, 1.165) is 0 Å². The van der Waals surface area contributed by atoms with Crippen LogP contribution in [-0.2, 0) is 10.1 Å². The summed E-state index contributed by atoms with van der Waals surface area (Å²) in [6, 6.07) is 5.60. The van der Waals surface area contributed by atoms with Crippen LogP contribution in [0.15, 0.2) is 29.2 Å². The molecular weight excluding hydrogens is 204 g/mol. The molecule has 0 aromatic heterocycles. The van der Waals surface area contributed by atoms with Crippen LogP contribution < -0.4 is 0 Å².